The standard InChI is InChI=1S/C21H23N3O3/c1-14-5-6-16(11-15(14)2)12-20(25)24(3)13-19-22-21(23-27-19)17-7-9-18(26-4)10-8-17/h5-11H,12-13H2,1-4H3. The van der Waals surface area contributed by atoms with Crippen LogP contribution in [0.1, 0.15) is 22.6 Å². The van der Waals surface area contributed by atoms with Gasteiger partial charge < -0.3 is 14.2 Å². The predicted molar refractivity (Wildman–Crippen MR) is 102 cm³/mol. The zero-order chi connectivity index (χ0) is 19.4. The van der Waals surface area contributed by atoms with Gasteiger partial charge in [-0.15, -0.1) is 0 Å². The molecule has 0 aliphatic rings. The van der Waals surface area contributed by atoms with E-state index in [2.05, 4.69) is 23.1 Å². The van der Waals surface area contributed by atoms with Crippen molar-refractivity contribution < 1.29 is 14.1 Å². The van der Waals surface area contributed by atoms with E-state index in [0.29, 0.717) is 18.1 Å². The highest BCUT2D eigenvalue weighted by molar-refractivity contribution is 5.78. The first kappa shape index (κ1) is 18.6. The Morgan fingerprint density at radius 1 is 1.11 bits per heavy atom. The van der Waals surface area contributed by atoms with Crippen molar-refractivity contribution in [3.8, 4) is 17.1 Å². The zero-order valence-electron chi connectivity index (χ0n) is 16.0. The molecule has 0 radical (unpaired) electrons. The van der Waals surface area contributed by atoms with Crippen molar-refractivity contribution in [2.75, 3.05) is 14.2 Å². The van der Waals surface area contributed by atoms with Gasteiger partial charge in [0, 0.05) is 12.6 Å². The Morgan fingerprint density at radius 3 is 2.52 bits per heavy atom. The largest absolute Gasteiger partial charge is 0.497 e. The maximum Gasteiger partial charge on any atom is 0.246 e. The molecule has 2 aromatic carbocycles. The number of hydrogen-bond acceptors (Lipinski definition) is 5. The van der Waals surface area contributed by atoms with Gasteiger partial charge in [-0.3, -0.25) is 4.79 Å². The second kappa shape index (κ2) is 8.03. The van der Waals surface area contributed by atoms with E-state index in [4.69, 9.17) is 9.26 Å². The third-order valence-corrected chi connectivity index (χ3v) is 4.54. The van der Waals surface area contributed by atoms with Gasteiger partial charge in [-0.1, -0.05) is 23.4 Å². The molecule has 1 aromatic heterocycles. The maximum absolute atomic E-state index is 12.5. The Kier molecular flexibility index (Phi) is 5.54. The van der Waals surface area contributed by atoms with E-state index in [1.165, 1.54) is 11.1 Å². The van der Waals surface area contributed by atoms with Crippen LogP contribution in [-0.2, 0) is 17.8 Å². The molecule has 6 heteroatoms. The van der Waals surface area contributed by atoms with Crippen molar-refractivity contribution in [1.29, 1.82) is 0 Å². The van der Waals surface area contributed by atoms with Crippen LogP contribution in [0.4, 0.5) is 0 Å². The molecule has 0 saturated heterocycles. The van der Waals surface area contributed by atoms with E-state index in [1.807, 2.05) is 43.3 Å². The number of nitrogens with zero attached hydrogens (tertiary/aromatic N) is 3. The predicted octanol–water partition coefficient (Wildman–Crippen LogP) is 3.56. The van der Waals surface area contributed by atoms with Crippen LogP contribution in [0.3, 0.4) is 0 Å². The molecule has 140 valence electrons. The number of hydrogen-bond donors (Lipinski definition) is 0. The molecule has 1 amide bonds. The number of likely N-dealkylation sites (N-methyl/N-ethyl adjacent to an activating group) is 1. The smallest absolute Gasteiger partial charge is 0.246 e. The van der Waals surface area contributed by atoms with Crippen molar-refractivity contribution >= 4 is 5.91 Å². The molecule has 0 aliphatic heterocycles. The van der Waals surface area contributed by atoms with Crippen molar-refractivity contribution in [2.45, 2.75) is 26.8 Å². The highest BCUT2D eigenvalue weighted by Crippen LogP contribution is 2.20. The van der Waals surface area contributed by atoms with Crippen molar-refractivity contribution in [2.24, 2.45) is 0 Å². The quantitative estimate of drug-likeness (QED) is 0.668. The zero-order valence-corrected chi connectivity index (χ0v) is 16.0. The number of carbonyl (C=O) groups excluding carboxylic acids is 1. The van der Waals surface area contributed by atoms with E-state index < -0.39 is 0 Å². The number of rotatable bonds is 6. The Bertz CT molecular complexity index is 932. The molecule has 0 unspecified atom stereocenters. The number of amides is 1. The van der Waals surface area contributed by atoms with Crippen LogP contribution < -0.4 is 4.74 Å². The lowest BCUT2D eigenvalue weighted by Crippen LogP contribution is -2.27. The second-order valence-electron chi connectivity index (χ2n) is 6.59. The van der Waals surface area contributed by atoms with Gasteiger partial charge in [0.15, 0.2) is 0 Å². The fourth-order valence-electron chi connectivity index (χ4n) is 2.69. The topological polar surface area (TPSA) is 68.5 Å². The summed E-state index contributed by atoms with van der Waals surface area (Å²) in [5, 5.41) is 3.99. The monoisotopic (exact) mass is 365 g/mol. The Hall–Kier alpha value is -3.15. The fourth-order valence-corrected chi connectivity index (χ4v) is 2.69. The lowest BCUT2D eigenvalue weighted by molar-refractivity contribution is -0.130. The average Bonchev–Trinajstić information content (AvgIpc) is 3.13. The number of ether oxygens (including phenoxy) is 1. The number of aryl methyl sites for hydroxylation is 2. The molecule has 6 nitrogen and oxygen atoms in total. The molecule has 0 saturated carbocycles. The second-order valence-corrected chi connectivity index (χ2v) is 6.59. The van der Waals surface area contributed by atoms with Gasteiger partial charge >= 0.3 is 0 Å². The van der Waals surface area contributed by atoms with Crippen LogP contribution in [0.5, 0.6) is 5.75 Å². The number of benzene rings is 2. The third-order valence-electron chi connectivity index (χ3n) is 4.54. The van der Waals surface area contributed by atoms with E-state index in [0.717, 1.165) is 16.9 Å². The first-order valence-corrected chi connectivity index (χ1v) is 8.73. The molecular formula is C21H23N3O3. The SMILES string of the molecule is COc1ccc(-c2noc(CN(C)C(=O)Cc3ccc(C)c(C)c3)n2)cc1. The van der Waals surface area contributed by atoms with Gasteiger partial charge in [0.1, 0.15) is 5.75 Å². The molecule has 0 spiro atoms. The molecule has 0 aliphatic carbocycles. The highest BCUT2D eigenvalue weighted by Gasteiger charge is 2.15. The summed E-state index contributed by atoms with van der Waals surface area (Å²) in [6, 6.07) is 13.5. The lowest BCUT2D eigenvalue weighted by Gasteiger charge is -2.15. The van der Waals surface area contributed by atoms with Crippen molar-refractivity contribution in [3.63, 3.8) is 0 Å². The summed E-state index contributed by atoms with van der Waals surface area (Å²) in [5.41, 5.74) is 4.23. The first-order chi connectivity index (χ1) is 13.0. The van der Waals surface area contributed by atoms with E-state index in [1.54, 1.807) is 19.1 Å². The van der Waals surface area contributed by atoms with Gasteiger partial charge in [0.2, 0.25) is 17.6 Å². The molecular weight excluding hydrogens is 342 g/mol. The minimum absolute atomic E-state index is 0.00227. The summed E-state index contributed by atoms with van der Waals surface area (Å²) in [5.74, 6) is 1.65. The van der Waals surface area contributed by atoms with Crippen LogP contribution >= 0.6 is 0 Å². The number of aromatic nitrogens is 2. The van der Waals surface area contributed by atoms with Crippen LogP contribution in [0.2, 0.25) is 0 Å². The Labute approximate surface area is 158 Å². The highest BCUT2D eigenvalue weighted by atomic mass is 16.5. The third kappa shape index (κ3) is 4.53. The van der Waals surface area contributed by atoms with Crippen LogP contribution in [-0.4, -0.2) is 35.1 Å². The van der Waals surface area contributed by atoms with Gasteiger partial charge in [-0.25, -0.2) is 0 Å². The van der Waals surface area contributed by atoms with Crippen molar-refractivity contribution in [1.82, 2.24) is 15.0 Å². The molecule has 1 heterocycles. The van der Waals surface area contributed by atoms with Crippen LogP contribution in [0, 0.1) is 13.8 Å². The summed E-state index contributed by atoms with van der Waals surface area (Å²) >= 11 is 0. The van der Waals surface area contributed by atoms with E-state index in [-0.39, 0.29) is 12.5 Å². The molecule has 3 aromatic rings. The summed E-state index contributed by atoms with van der Waals surface area (Å²) in [7, 11) is 3.35. The summed E-state index contributed by atoms with van der Waals surface area (Å²) in [4.78, 5) is 18.5. The molecule has 0 bridgehead atoms. The molecule has 27 heavy (non-hydrogen) atoms. The van der Waals surface area contributed by atoms with E-state index in [9.17, 15) is 4.79 Å². The molecule has 3 rings (SSSR count). The fraction of sp³-hybridized carbons (Fsp3) is 0.286. The molecule has 0 N–H and O–H groups in total. The van der Waals surface area contributed by atoms with Gasteiger partial charge in [0.25, 0.3) is 0 Å². The average molecular weight is 365 g/mol. The summed E-state index contributed by atoms with van der Waals surface area (Å²) in [6.45, 7) is 4.38. The van der Waals surface area contributed by atoms with E-state index >= 15 is 0 Å². The number of methoxy groups -OCH3 is 1. The molecule has 0 fully saturated rings. The van der Waals surface area contributed by atoms with Crippen LogP contribution in [0.25, 0.3) is 11.4 Å². The Balaban J connectivity index is 1.63. The summed E-state index contributed by atoms with van der Waals surface area (Å²) < 4.78 is 10.4. The van der Waals surface area contributed by atoms with Gasteiger partial charge in [-0.2, -0.15) is 4.98 Å². The Morgan fingerprint density at radius 2 is 1.85 bits per heavy atom. The minimum atomic E-state index is 0.00227. The van der Waals surface area contributed by atoms with Crippen molar-refractivity contribution in [3.05, 3.63) is 65.0 Å². The van der Waals surface area contributed by atoms with Gasteiger partial charge in [0.05, 0.1) is 20.1 Å². The molecule has 0 atom stereocenters. The maximum atomic E-state index is 12.5. The first-order valence-electron chi connectivity index (χ1n) is 8.73. The van der Waals surface area contributed by atoms with Crippen LogP contribution in [0.15, 0.2) is 47.0 Å². The normalized spacial score (nSPS) is 10.7. The number of carbonyl (C=O) groups is 1. The summed E-state index contributed by atoms with van der Waals surface area (Å²) in [6.07, 6.45) is 0.344. The minimum Gasteiger partial charge on any atom is -0.497 e. The van der Waals surface area contributed by atoms with Gasteiger partial charge in [-0.05, 0) is 54.8 Å². The lowest BCUT2D eigenvalue weighted by atomic mass is 10.0.